The lowest BCUT2D eigenvalue weighted by Gasteiger charge is -2.59. The highest BCUT2D eigenvalue weighted by atomic mass is 32.2. The minimum atomic E-state index is -4.40. The van der Waals surface area contributed by atoms with Crippen molar-refractivity contribution < 1.29 is 17.6 Å². The van der Waals surface area contributed by atoms with E-state index in [1.54, 1.807) is 6.92 Å². The number of aryl methyl sites for hydroxylation is 2. The second-order valence-corrected chi connectivity index (χ2v) is 8.53. The van der Waals surface area contributed by atoms with Crippen molar-refractivity contribution in [2.75, 3.05) is 26.2 Å². The molecule has 2 fully saturated rings. The van der Waals surface area contributed by atoms with Crippen LogP contribution in [0.3, 0.4) is 0 Å². The molecular weight excluding hydrogens is 377 g/mol. The van der Waals surface area contributed by atoms with Crippen LogP contribution >= 0.6 is 11.9 Å². The molecule has 9 heteroatoms. The highest BCUT2D eigenvalue weighted by molar-refractivity contribution is 7.97. The van der Waals surface area contributed by atoms with E-state index < -0.39 is 11.9 Å². The van der Waals surface area contributed by atoms with E-state index in [9.17, 15) is 13.2 Å². The van der Waals surface area contributed by atoms with E-state index in [0.29, 0.717) is 11.1 Å². The zero-order chi connectivity index (χ0) is 19.2. The third kappa shape index (κ3) is 3.72. The Balaban J connectivity index is 1.27. The Labute approximate surface area is 160 Å². The summed E-state index contributed by atoms with van der Waals surface area (Å²) in [5.74, 6) is 0.948. The standard InChI is InChI=1S/C18H21F3N4OS/c1-3-13-14(26-11-22-13)6-24-7-17(8-24)9-25(10-17)27-15-4-5-16(18(19,20)21)23-12(15)2/h4-5,11H,3,6-10H2,1-2H3. The average Bonchev–Trinajstić information content (AvgIpc) is 2.98. The maximum absolute atomic E-state index is 12.7. The molecule has 4 heterocycles. The molecule has 0 aliphatic carbocycles. The lowest BCUT2D eigenvalue weighted by Crippen LogP contribution is -2.70. The van der Waals surface area contributed by atoms with E-state index in [1.165, 1.54) is 24.4 Å². The summed E-state index contributed by atoms with van der Waals surface area (Å²) in [4.78, 5) is 11.1. The highest BCUT2D eigenvalue weighted by Gasteiger charge is 2.52. The number of rotatable bonds is 5. The summed E-state index contributed by atoms with van der Waals surface area (Å²) in [5, 5.41) is 0. The van der Waals surface area contributed by atoms with Crippen molar-refractivity contribution in [1.29, 1.82) is 0 Å². The summed E-state index contributed by atoms with van der Waals surface area (Å²) in [7, 11) is 0. The van der Waals surface area contributed by atoms with E-state index in [0.717, 1.165) is 61.6 Å². The van der Waals surface area contributed by atoms with Gasteiger partial charge in [0, 0.05) is 36.5 Å². The number of nitrogens with zero attached hydrogens (tertiary/aromatic N) is 4. The fourth-order valence-corrected chi connectivity index (χ4v) is 5.10. The Morgan fingerprint density at radius 2 is 1.96 bits per heavy atom. The van der Waals surface area contributed by atoms with Gasteiger partial charge in [-0.1, -0.05) is 6.92 Å². The van der Waals surface area contributed by atoms with Crippen LogP contribution in [0.5, 0.6) is 0 Å². The molecule has 0 bridgehead atoms. The molecule has 0 saturated carbocycles. The number of hydrogen-bond acceptors (Lipinski definition) is 6. The monoisotopic (exact) mass is 398 g/mol. The first-order valence-electron chi connectivity index (χ1n) is 8.89. The molecule has 0 atom stereocenters. The predicted octanol–water partition coefficient (Wildman–Crippen LogP) is 3.78. The van der Waals surface area contributed by atoms with Crippen LogP contribution in [0, 0.1) is 12.3 Å². The largest absolute Gasteiger partial charge is 0.447 e. The topological polar surface area (TPSA) is 45.4 Å². The molecule has 146 valence electrons. The molecule has 4 rings (SSSR count). The van der Waals surface area contributed by atoms with Crippen LogP contribution in [0.1, 0.15) is 29.8 Å². The zero-order valence-electron chi connectivity index (χ0n) is 15.2. The average molecular weight is 398 g/mol. The van der Waals surface area contributed by atoms with Gasteiger partial charge in [0.1, 0.15) is 11.5 Å². The Morgan fingerprint density at radius 1 is 1.22 bits per heavy atom. The lowest BCUT2D eigenvalue weighted by atomic mass is 9.74. The molecule has 0 aromatic carbocycles. The maximum atomic E-state index is 12.7. The third-order valence-corrected chi connectivity index (χ3v) is 6.27. The van der Waals surface area contributed by atoms with Crippen LogP contribution in [0.2, 0.25) is 0 Å². The van der Waals surface area contributed by atoms with Crippen LogP contribution in [-0.2, 0) is 19.1 Å². The number of pyridine rings is 1. The lowest BCUT2D eigenvalue weighted by molar-refractivity contribution is -0.141. The van der Waals surface area contributed by atoms with Crippen LogP contribution in [0.25, 0.3) is 0 Å². The number of oxazole rings is 1. The molecule has 0 unspecified atom stereocenters. The summed E-state index contributed by atoms with van der Waals surface area (Å²) in [6.45, 7) is 8.38. The van der Waals surface area contributed by atoms with Crippen molar-refractivity contribution in [2.45, 2.75) is 37.9 Å². The van der Waals surface area contributed by atoms with Gasteiger partial charge < -0.3 is 4.42 Å². The van der Waals surface area contributed by atoms with Crippen LogP contribution in [-0.4, -0.2) is 45.4 Å². The molecule has 0 N–H and O–H groups in total. The van der Waals surface area contributed by atoms with E-state index in [4.69, 9.17) is 4.42 Å². The summed E-state index contributed by atoms with van der Waals surface area (Å²) in [6.07, 6.45) is -2.02. The Morgan fingerprint density at radius 3 is 2.59 bits per heavy atom. The second-order valence-electron chi connectivity index (χ2n) is 7.39. The van der Waals surface area contributed by atoms with Gasteiger partial charge in [0.2, 0.25) is 0 Å². The van der Waals surface area contributed by atoms with E-state index in [1.807, 2.05) is 0 Å². The molecule has 0 radical (unpaired) electrons. The van der Waals surface area contributed by atoms with Crippen molar-refractivity contribution in [1.82, 2.24) is 19.2 Å². The van der Waals surface area contributed by atoms with Crippen LogP contribution in [0.15, 0.2) is 27.8 Å². The van der Waals surface area contributed by atoms with Crippen LogP contribution in [0.4, 0.5) is 13.2 Å². The Hall–Kier alpha value is -1.58. The predicted molar refractivity (Wildman–Crippen MR) is 95.0 cm³/mol. The van der Waals surface area contributed by atoms with Gasteiger partial charge in [-0.2, -0.15) is 13.2 Å². The van der Waals surface area contributed by atoms with Gasteiger partial charge in [-0.25, -0.2) is 14.3 Å². The van der Waals surface area contributed by atoms with Gasteiger partial charge in [0.25, 0.3) is 0 Å². The van der Waals surface area contributed by atoms with Gasteiger partial charge in [-0.05, 0) is 37.4 Å². The number of alkyl halides is 3. The van der Waals surface area contributed by atoms with Crippen molar-refractivity contribution >= 4 is 11.9 Å². The van der Waals surface area contributed by atoms with Gasteiger partial charge in [0.05, 0.1) is 17.9 Å². The maximum Gasteiger partial charge on any atom is 0.433 e. The summed E-state index contributed by atoms with van der Waals surface area (Å²) in [5.41, 5.74) is 0.903. The molecule has 5 nitrogen and oxygen atoms in total. The van der Waals surface area contributed by atoms with Crippen molar-refractivity contribution in [3.05, 3.63) is 41.4 Å². The highest BCUT2D eigenvalue weighted by Crippen LogP contribution is 2.45. The normalized spacial score (nSPS) is 19.9. The summed E-state index contributed by atoms with van der Waals surface area (Å²) < 4.78 is 45.8. The molecule has 27 heavy (non-hydrogen) atoms. The molecule has 2 aromatic heterocycles. The van der Waals surface area contributed by atoms with Crippen molar-refractivity contribution in [3.63, 3.8) is 0 Å². The van der Waals surface area contributed by atoms with Gasteiger partial charge in [-0.3, -0.25) is 4.90 Å². The van der Waals surface area contributed by atoms with Gasteiger partial charge >= 0.3 is 6.18 Å². The van der Waals surface area contributed by atoms with Crippen LogP contribution < -0.4 is 0 Å². The van der Waals surface area contributed by atoms with Crippen molar-refractivity contribution in [2.24, 2.45) is 5.41 Å². The first-order chi connectivity index (χ1) is 12.8. The smallest absolute Gasteiger partial charge is 0.433 e. The molecule has 1 spiro atoms. The van der Waals surface area contributed by atoms with Crippen molar-refractivity contribution in [3.8, 4) is 0 Å². The van der Waals surface area contributed by atoms with E-state index >= 15 is 0 Å². The summed E-state index contributed by atoms with van der Waals surface area (Å²) >= 11 is 1.50. The molecular formula is C18H21F3N4OS. The van der Waals surface area contributed by atoms with E-state index in [-0.39, 0.29) is 0 Å². The molecule has 2 saturated heterocycles. The Bertz CT molecular complexity index is 824. The van der Waals surface area contributed by atoms with Gasteiger partial charge in [0.15, 0.2) is 6.39 Å². The summed E-state index contributed by atoms with van der Waals surface area (Å²) in [6, 6.07) is 2.57. The molecule has 2 aliphatic heterocycles. The van der Waals surface area contributed by atoms with Gasteiger partial charge in [-0.15, -0.1) is 0 Å². The number of halogens is 3. The molecule has 0 amide bonds. The fourth-order valence-electron chi connectivity index (χ4n) is 3.84. The zero-order valence-corrected chi connectivity index (χ0v) is 16.0. The number of aromatic nitrogens is 2. The second kappa shape index (κ2) is 6.79. The third-order valence-electron chi connectivity index (χ3n) is 5.12. The minimum Gasteiger partial charge on any atom is -0.447 e. The number of hydrogen-bond donors (Lipinski definition) is 0. The SMILES string of the molecule is CCc1ncoc1CN1CC2(C1)CN(Sc1ccc(C(F)(F)F)nc1C)C2. The first-order valence-corrected chi connectivity index (χ1v) is 9.67. The molecule has 2 aliphatic rings. The first kappa shape index (κ1) is 18.8. The minimum absolute atomic E-state index is 0.298. The fraction of sp³-hybridized carbons (Fsp3) is 0.556. The quantitative estimate of drug-likeness (QED) is 0.715. The Kier molecular flexibility index (Phi) is 4.72. The van der Waals surface area contributed by atoms with E-state index in [2.05, 4.69) is 26.1 Å². The number of likely N-dealkylation sites (tertiary alicyclic amines) is 1. The molecule has 2 aromatic rings.